The molecule has 0 heterocycles. The van der Waals surface area contributed by atoms with Gasteiger partial charge in [0.1, 0.15) is 5.75 Å². The van der Waals surface area contributed by atoms with Crippen LogP contribution in [0.3, 0.4) is 0 Å². The number of carbonyl (C=O) groups excluding carboxylic acids is 1. The largest absolute Gasteiger partial charge is 0.493 e. The fourth-order valence-electron chi connectivity index (χ4n) is 1.19. The van der Waals surface area contributed by atoms with Crippen molar-refractivity contribution in [3.63, 3.8) is 0 Å². The van der Waals surface area contributed by atoms with E-state index in [-0.39, 0.29) is 25.1 Å². The number of esters is 1. The van der Waals surface area contributed by atoms with Gasteiger partial charge in [-0.25, -0.2) is 0 Å². The molecule has 18 heavy (non-hydrogen) atoms. The first kappa shape index (κ1) is 15.1. The summed E-state index contributed by atoms with van der Waals surface area (Å²) in [5, 5.41) is 0.900. The maximum atomic E-state index is 11.4. The molecule has 0 fully saturated rings. The number of hydrogen-bond donors (Lipinski definition) is 0. The van der Waals surface area contributed by atoms with E-state index < -0.39 is 0 Å². The zero-order valence-corrected chi connectivity index (χ0v) is 11.9. The lowest BCUT2D eigenvalue weighted by atomic mass is 10.3. The van der Waals surface area contributed by atoms with E-state index in [2.05, 4.69) is 0 Å². The van der Waals surface area contributed by atoms with Crippen LogP contribution in [-0.2, 0) is 9.53 Å². The summed E-state index contributed by atoms with van der Waals surface area (Å²) in [6.45, 7) is 4.08. The van der Waals surface area contributed by atoms with Gasteiger partial charge in [0.05, 0.1) is 29.2 Å². The van der Waals surface area contributed by atoms with Crippen molar-refractivity contribution in [1.29, 1.82) is 0 Å². The zero-order chi connectivity index (χ0) is 13.5. The first-order valence-electron chi connectivity index (χ1n) is 5.80. The highest BCUT2D eigenvalue weighted by molar-refractivity contribution is 6.42. The lowest BCUT2D eigenvalue weighted by molar-refractivity contribution is -0.148. The van der Waals surface area contributed by atoms with Crippen LogP contribution in [-0.4, -0.2) is 18.7 Å². The Balaban J connectivity index is 2.33. The maximum absolute atomic E-state index is 11.4. The molecule has 0 aliphatic heterocycles. The normalized spacial score (nSPS) is 12.0. The third kappa shape index (κ3) is 5.15. The Bertz CT molecular complexity index is 407. The highest BCUT2D eigenvalue weighted by Crippen LogP contribution is 2.26. The van der Waals surface area contributed by atoms with Gasteiger partial charge in [-0.1, -0.05) is 30.1 Å². The Morgan fingerprint density at radius 1 is 1.33 bits per heavy atom. The second-order valence-corrected chi connectivity index (χ2v) is 4.70. The molecule has 0 saturated carbocycles. The maximum Gasteiger partial charge on any atom is 0.309 e. The summed E-state index contributed by atoms with van der Waals surface area (Å²) in [6, 6.07) is 4.97. The molecule has 3 nitrogen and oxygen atoms in total. The highest BCUT2D eigenvalue weighted by atomic mass is 35.5. The summed E-state index contributed by atoms with van der Waals surface area (Å²) >= 11 is 11.6. The van der Waals surface area contributed by atoms with Crippen LogP contribution in [0.25, 0.3) is 0 Å². The molecule has 0 radical (unpaired) electrons. The number of rotatable bonds is 6. The topological polar surface area (TPSA) is 35.5 Å². The van der Waals surface area contributed by atoms with Gasteiger partial charge in [-0.3, -0.25) is 4.79 Å². The van der Waals surface area contributed by atoms with Crippen LogP contribution in [0.1, 0.15) is 26.7 Å². The average Bonchev–Trinajstić information content (AvgIpc) is 2.33. The summed E-state index contributed by atoms with van der Waals surface area (Å²) < 4.78 is 10.5. The highest BCUT2D eigenvalue weighted by Gasteiger charge is 2.08. The van der Waals surface area contributed by atoms with E-state index in [0.29, 0.717) is 15.8 Å². The number of carbonyl (C=O) groups is 1. The molecule has 1 aromatic carbocycles. The Labute approximate surface area is 117 Å². The van der Waals surface area contributed by atoms with Crippen LogP contribution in [0.15, 0.2) is 18.2 Å². The Kier molecular flexibility index (Phi) is 6.30. The third-order valence-electron chi connectivity index (χ3n) is 2.37. The van der Waals surface area contributed by atoms with Crippen LogP contribution < -0.4 is 4.74 Å². The van der Waals surface area contributed by atoms with Crippen molar-refractivity contribution in [2.45, 2.75) is 32.8 Å². The van der Waals surface area contributed by atoms with Crippen molar-refractivity contribution in [3.05, 3.63) is 28.2 Å². The Morgan fingerprint density at radius 3 is 2.67 bits per heavy atom. The first-order valence-corrected chi connectivity index (χ1v) is 6.55. The summed E-state index contributed by atoms with van der Waals surface area (Å²) in [6.07, 6.45) is 0.965. The Morgan fingerprint density at radius 2 is 2.06 bits per heavy atom. The zero-order valence-electron chi connectivity index (χ0n) is 10.4. The van der Waals surface area contributed by atoms with Gasteiger partial charge < -0.3 is 9.47 Å². The van der Waals surface area contributed by atoms with Gasteiger partial charge >= 0.3 is 5.97 Å². The molecule has 0 spiro atoms. The van der Waals surface area contributed by atoms with Crippen molar-refractivity contribution in [2.75, 3.05) is 6.61 Å². The molecule has 0 N–H and O–H groups in total. The quantitative estimate of drug-likeness (QED) is 0.740. The molecule has 1 unspecified atom stereocenters. The van der Waals surface area contributed by atoms with Crippen molar-refractivity contribution < 1.29 is 14.3 Å². The van der Waals surface area contributed by atoms with Gasteiger partial charge in [0.25, 0.3) is 0 Å². The molecule has 0 aromatic heterocycles. The van der Waals surface area contributed by atoms with E-state index >= 15 is 0 Å². The number of hydrogen-bond acceptors (Lipinski definition) is 3. The Hall–Kier alpha value is -0.930. The molecular weight excluding hydrogens is 275 g/mol. The lowest BCUT2D eigenvalue weighted by Gasteiger charge is -2.11. The summed E-state index contributed by atoms with van der Waals surface area (Å²) in [4.78, 5) is 11.4. The molecule has 0 amide bonds. The van der Waals surface area contributed by atoms with Crippen LogP contribution in [0.2, 0.25) is 10.0 Å². The standard InChI is InChI=1S/C13H16Cl2O3/c1-3-9(2)18-13(16)6-7-17-10-4-5-11(14)12(15)8-10/h4-5,8-9H,3,6-7H2,1-2H3. The molecule has 0 bridgehead atoms. The summed E-state index contributed by atoms with van der Waals surface area (Å²) in [5.74, 6) is 0.324. The minimum Gasteiger partial charge on any atom is -0.493 e. The summed E-state index contributed by atoms with van der Waals surface area (Å²) in [7, 11) is 0. The molecule has 0 aliphatic carbocycles. The molecule has 1 rings (SSSR count). The molecule has 1 aromatic rings. The van der Waals surface area contributed by atoms with E-state index in [9.17, 15) is 4.79 Å². The molecular formula is C13H16Cl2O3. The smallest absolute Gasteiger partial charge is 0.309 e. The predicted octanol–water partition coefficient (Wildman–Crippen LogP) is 4.10. The predicted molar refractivity (Wildman–Crippen MR) is 72.4 cm³/mol. The van der Waals surface area contributed by atoms with Gasteiger partial charge in [-0.2, -0.15) is 0 Å². The lowest BCUT2D eigenvalue weighted by Crippen LogP contribution is -2.16. The van der Waals surface area contributed by atoms with Gasteiger partial charge in [0.2, 0.25) is 0 Å². The molecule has 1 atom stereocenters. The van der Waals surface area contributed by atoms with E-state index in [4.69, 9.17) is 32.7 Å². The fourth-order valence-corrected chi connectivity index (χ4v) is 1.47. The molecule has 100 valence electrons. The van der Waals surface area contributed by atoms with Gasteiger partial charge in [-0.05, 0) is 25.5 Å². The summed E-state index contributed by atoms with van der Waals surface area (Å²) in [5.41, 5.74) is 0. The third-order valence-corrected chi connectivity index (χ3v) is 3.11. The van der Waals surface area contributed by atoms with Crippen LogP contribution in [0.5, 0.6) is 5.75 Å². The second-order valence-electron chi connectivity index (χ2n) is 3.88. The number of benzene rings is 1. The average molecular weight is 291 g/mol. The van der Waals surface area contributed by atoms with E-state index in [0.717, 1.165) is 6.42 Å². The van der Waals surface area contributed by atoms with Crippen molar-refractivity contribution in [1.82, 2.24) is 0 Å². The monoisotopic (exact) mass is 290 g/mol. The van der Waals surface area contributed by atoms with Crippen LogP contribution in [0, 0.1) is 0 Å². The van der Waals surface area contributed by atoms with Gasteiger partial charge in [0, 0.05) is 6.07 Å². The minimum atomic E-state index is -0.260. The SMILES string of the molecule is CCC(C)OC(=O)CCOc1ccc(Cl)c(Cl)c1. The molecule has 5 heteroatoms. The number of halogens is 2. The molecule has 0 aliphatic rings. The molecule has 0 saturated heterocycles. The van der Waals surface area contributed by atoms with Gasteiger partial charge in [0.15, 0.2) is 0 Å². The van der Waals surface area contributed by atoms with E-state index in [1.54, 1.807) is 18.2 Å². The van der Waals surface area contributed by atoms with Crippen molar-refractivity contribution in [3.8, 4) is 5.75 Å². The van der Waals surface area contributed by atoms with Crippen LogP contribution >= 0.6 is 23.2 Å². The van der Waals surface area contributed by atoms with Gasteiger partial charge in [-0.15, -0.1) is 0 Å². The van der Waals surface area contributed by atoms with Crippen LogP contribution in [0.4, 0.5) is 0 Å². The minimum absolute atomic E-state index is 0.0533. The van der Waals surface area contributed by atoms with E-state index in [1.165, 1.54) is 0 Å². The second kappa shape index (κ2) is 7.49. The first-order chi connectivity index (χ1) is 8.52. The number of ether oxygens (including phenoxy) is 2. The van der Waals surface area contributed by atoms with Crippen molar-refractivity contribution in [2.24, 2.45) is 0 Å². The van der Waals surface area contributed by atoms with E-state index in [1.807, 2.05) is 13.8 Å². The fraction of sp³-hybridized carbons (Fsp3) is 0.462. The van der Waals surface area contributed by atoms with Crippen molar-refractivity contribution >= 4 is 29.2 Å².